The highest BCUT2D eigenvalue weighted by molar-refractivity contribution is 6.29. The van der Waals surface area contributed by atoms with Crippen LogP contribution in [0.2, 0.25) is 0 Å². The van der Waals surface area contributed by atoms with Crippen LogP contribution in [-0.2, 0) is 7.05 Å². The first-order valence-corrected chi connectivity index (χ1v) is 12.7. The fraction of sp³-hybridized carbons (Fsp3) is 0.321. The van der Waals surface area contributed by atoms with Crippen LogP contribution in [0, 0.1) is 0 Å². The van der Waals surface area contributed by atoms with Crippen LogP contribution in [0.25, 0.3) is 49.2 Å². The zero-order valence-corrected chi connectivity index (χ0v) is 19.8. The summed E-state index contributed by atoms with van der Waals surface area (Å²) in [6, 6.07) is 11.2. The van der Waals surface area contributed by atoms with Gasteiger partial charge in [-0.25, -0.2) is 9.97 Å². The quantitative estimate of drug-likeness (QED) is 0.351. The molecule has 1 aliphatic heterocycles. The predicted molar refractivity (Wildman–Crippen MR) is 139 cm³/mol. The largest absolute Gasteiger partial charge is 0.330 e. The maximum atomic E-state index is 5.33. The van der Waals surface area contributed by atoms with Crippen LogP contribution in [-0.4, -0.2) is 42.4 Å². The molecule has 1 saturated heterocycles. The smallest absolute Gasteiger partial charge is 0.112 e. The summed E-state index contributed by atoms with van der Waals surface area (Å²) in [7, 11) is 2.19. The molecule has 1 aliphatic carbocycles. The third-order valence-corrected chi connectivity index (χ3v) is 8.14. The molecular weight excluding hydrogens is 434 g/mol. The third kappa shape index (κ3) is 2.85. The van der Waals surface area contributed by atoms with E-state index in [9.17, 15) is 0 Å². The average Bonchev–Trinajstić information content (AvgIpc) is 3.29. The van der Waals surface area contributed by atoms with Crippen LogP contribution in [0.1, 0.15) is 49.0 Å². The summed E-state index contributed by atoms with van der Waals surface area (Å²) in [6.07, 6.45) is 10.9. The molecule has 6 aromatic rings. The second kappa shape index (κ2) is 7.15. The van der Waals surface area contributed by atoms with Crippen molar-refractivity contribution in [3.8, 4) is 5.69 Å². The Morgan fingerprint density at radius 1 is 0.914 bits per heavy atom. The van der Waals surface area contributed by atoms with Crippen molar-refractivity contribution in [1.82, 2.24) is 34.6 Å². The fourth-order valence-electron chi connectivity index (χ4n) is 6.12. The zero-order chi connectivity index (χ0) is 23.1. The van der Waals surface area contributed by atoms with E-state index in [1.54, 1.807) is 0 Å². The number of imidazole rings is 2. The fourth-order valence-corrected chi connectivity index (χ4v) is 6.12. The van der Waals surface area contributed by atoms with Gasteiger partial charge in [0.05, 0.1) is 34.8 Å². The van der Waals surface area contributed by atoms with Gasteiger partial charge in [-0.15, -0.1) is 0 Å². The third-order valence-electron chi connectivity index (χ3n) is 8.14. The number of aromatic nitrogens is 6. The zero-order valence-electron chi connectivity index (χ0n) is 19.8. The second-order valence-electron chi connectivity index (χ2n) is 10.3. The first-order valence-electron chi connectivity index (χ1n) is 12.7. The molecule has 0 amide bonds. The molecule has 2 N–H and O–H groups in total. The Labute approximate surface area is 202 Å². The van der Waals surface area contributed by atoms with Gasteiger partial charge in [0.2, 0.25) is 0 Å². The van der Waals surface area contributed by atoms with E-state index in [-0.39, 0.29) is 0 Å². The minimum Gasteiger partial charge on any atom is -0.330 e. The Balaban J connectivity index is 1.45. The molecule has 0 bridgehead atoms. The number of H-pyrrole nitrogens is 1. The van der Waals surface area contributed by atoms with Crippen LogP contribution in [0.3, 0.4) is 0 Å². The molecule has 0 atom stereocenters. The summed E-state index contributed by atoms with van der Waals surface area (Å²) in [5.74, 6) is 2.32. The molecule has 3 aromatic heterocycles. The standard InChI is InChI=1S/C28H27N7/c1-34-27-25-19(6-7-23-22(25)13-31-33-23)21-12-18(35-14-24(30-15-35)16-2-3-16)4-5-20(21)26(27)32-28(34)17-8-10-29-11-9-17/h4-7,12-17,29H,2-3,8-11H2,1H3,(H,31,33). The molecule has 0 spiro atoms. The van der Waals surface area contributed by atoms with Crippen molar-refractivity contribution in [2.75, 3.05) is 13.1 Å². The lowest BCUT2D eigenvalue weighted by Crippen LogP contribution is -2.27. The number of fused-ring (bicyclic) bond motifs is 8. The van der Waals surface area contributed by atoms with Crippen LogP contribution >= 0.6 is 0 Å². The Morgan fingerprint density at radius 3 is 2.63 bits per heavy atom. The summed E-state index contributed by atoms with van der Waals surface area (Å²) >= 11 is 0. The summed E-state index contributed by atoms with van der Waals surface area (Å²) < 4.78 is 4.52. The van der Waals surface area contributed by atoms with Crippen molar-refractivity contribution >= 4 is 43.5 Å². The van der Waals surface area contributed by atoms with Crippen molar-refractivity contribution in [2.45, 2.75) is 37.5 Å². The summed E-state index contributed by atoms with van der Waals surface area (Å²) in [5.41, 5.74) is 5.70. The minimum atomic E-state index is 0.480. The molecule has 7 nitrogen and oxygen atoms in total. The van der Waals surface area contributed by atoms with Gasteiger partial charge in [-0.3, -0.25) is 5.10 Å². The Bertz CT molecular complexity index is 1760. The number of nitrogens with one attached hydrogen (secondary N) is 2. The van der Waals surface area contributed by atoms with Gasteiger partial charge in [0.15, 0.2) is 0 Å². The molecule has 3 aromatic carbocycles. The van der Waals surface area contributed by atoms with Gasteiger partial charge in [-0.05, 0) is 67.7 Å². The van der Waals surface area contributed by atoms with Crippen molar-refractivity contribution in [3.05, 3.63) is 60.6 Å². The minimum absolute atomic E-state index is 0.480. The molecule has 2 aliphatic rings. The molecule has 174 valence electrons. The summed E-state index contributed by atoms with van der Waals surface area (Å²) in [4.78, 5) is 10.0. The van der Waals surface area contributed by atoms with Crippen LogP contribution in [0.5, 0.6) is 0 Å². The Kier molecular flexibility index (Phi) is 4.00. The molecule has 1 saturated carbocycles. The lowest BCUT2D eigenvalue weighted by molar-refractivity contribution is 0.439. The van der Waals surface area contributed by atoms with Gasteiger partial charge in [-0.2, -0.15) is 5.10 Å². The SMILES string of the molecule is Cn1c(C2CCNCC2)nc2c3ccc(-n4cnc(C5CC5)c4)cc3c3ccc4[nH]ncc4c3c21. The van der Waals surface area contributed by atoms with Gasteiger partial charge < -0.3 is 14.5 Å². The van der Waals surface area contributed by atoms with Crippen LogP contribution in [0.4, 0.5) is 0 Å². The van der Waals surface area contributed by atoms with Gasteiger partial charge in [0.25, 0.3) is 0 Å². The number of benzene rings is 3. The van der Waals surface area contributed by atoms with Gasteiger partial charge in [0.1, 0.15) is 5.82 Å². The predicted octanol–water partition coefficient (Wildman–Crippen LogP) is 5.29. The van der Waals surface area contributed by atoms with Crippen molar-refractivity contribution in [1.29, 1.82) is 0 Å². The maximum Gasteiger partial charge on any atom is 0.112 e. The molecule has 0 unspecified atom stereocenters. The first kappa shape index (κ1) is 19.6. The van der Waals surface area contributed by atoms with Crippen molar-refractivity contribution in [3.63, 3.8) is 0 Å². The van der Waals surface area contributed by atoms with E-state index in [0.29, 0.717) is 11.8 Å². The highest BCUT2D eigenvalue weighted by Gasteiger charge is 2.26. The second-order valence-corrected chi connectivity index (χ2v) is 10.3. The molecule has 35 heavy (non-hydrogen) atoms. The number of hydrogen-bond donors (Lipinski definition) is 2. The van der Waals surface area contributed by atoms with Crippen molar-refractivity contribution < 1.29 is 0 Å². The van der Waals surface area contributed by atoms with Crippen LogP contribution in [0.15, 0.2) is 49.1 Å². The van der Waals surface area contributed by atoms with E-state index in [1.807, 2.05) is 12.5 Å². The lowest BCUT2D eigenvalue weighted by Gasteiger charge is -2.22. The monoisotopic (exact) mass is 461 g/mol. The number of piperidine rings is 1. The molecule has 2 fully saturated rings. The molecular formula is C28H27N7. The Morgan fingerprint density at radius 2 is 1.77 bits per heavy atom. The number of rotatable bonds is 3. The normalized spacial score (nSPS) is 17.4. The van der Waals surface area contributed by atoms with E-state index < -0.39 is 0 Å². The number of nitrogens with zero attached hydrogens (tertiary/aromatic N) is 5. The highest BCUT2D eigenvalue weighted by Crippen LogP contribution is 2.42. The number of aromatic amines is 1. The van der Waals surface area contributed by atoms with Gasteiger partial charge in [0, 0.05) is 46.9 Å². The Hall–Kier alpha value is -3.71. The van der Waals surface area contributed by atoms with E-state index >= 15 is 0 Å². The van der Waals surface area contributed by atoms with Crippen LogP contribution < -0.4 is 5.32 Å². The van der Waals surface area contributed by atoms with E-state index in [2.05, 4.69) is 73.2 Å². The van der Waals surface area contributed by atoms with Gasteiger partial charge in [-0.1, -0.05) is 12.1 Å². The number of aryl methyl sites for hydroxylation is 1. The molecule has 8 rings (SSSR count). The van der Waals surface area contributed by atoms with E-state index in [0.717, 1.165) is 48.0 Å². The first-order chi connectivity index (χ1) is 17.3. The van der Waals surface area contributed by atoms with E-state index in [4.69, 9.17) is 4.98 Å². The summed E-state index contributed by atoms with van der Waals surface area (Å²) in [6.45, 7) is 2.11. The molecule has 4 heterocycles. The maximum absolute atomic E-state index is 5.33. The molecule has 0 radical (unpaired) electrons. The van der Waals surface area contributed by atoms with Crippen molar-refractivity contribution in [2.24, 2.45) is 7.05 Å². The average molecular weight is 462 g/mol. The summed E-state index contributed by atoms with van der Waals surface area (Å²) in [5, 5.41) is 17.1. The van der Waals surface area contributed by atoms with E-state index in [1.165, 1.54) is 51.4 Å². The van der Waals surface area contributed by atoms with Gasteiger partial charge >= 0.3 is 0 Å². The lowest BCUT2D eigenvalue weighted by atomic mass is 9.97. The molecule has 7 heteroatoms. The topological polar surface area (TPSA) is 76.3 Å². The number of hydrogen-bond acceptors (Lipinski definition) is 4. The highest BCUT2D eigenvalue weighted by atomic mass is 15.1.